The molecule has 180 valence electrons. The monoisotopic (exact) mass is 490 g/mol. The van der Waals surface area contributed by atoms with Gasteiger partial charge in [-0.25, -0.2) is 4.79 Å². The average molecular weight is 491 g/mol. The number of aromatic amines is 1. The highest BCUT2D eigenvalue weighted by Gasteiger charge is 2.24. The first-order valence-electron chi connectivity index (χ1n) is 11.6. The third kappa shape index (κ3) is 4.94. The van der Waals surface area contributed by atoms with Gasteiger partial charge >= 0.3 is 5.69 Å². The number of nitrogens with zero attached hydrogens (tertiary/aromatic N) is 5. The van der Waals surface area contributed by atoms with Crippen LogP contribution in [0.15, 0.2) is 70.3 Å². The standard InChI is InChI=1S/C26H27ClN6O2/c1-30-23-22(24(34)29-26(30)35)33(18-20-9-11-21(27)12-10-20)25(28-23)32-16-14-31(15-17-32)13-5-8-19-6-3-2-4-7-19/h2-12H,13-18H2,1H3,(H,29,34,35). The minimum absolute atomic E-state index is 0.385. The summed E-state index contributed by atoms with van der Waals surface area (Å²) in [5.74, 6) is 0.695. The molecule has 3 heterocycles. The van der Waals surface area contributed by atoms with Crippen LogP contribution in [0.1, 0.15) is 11.1 Å². The van der Waals surface area contributed by atoms with Crippen LogP contribution >= 0.6 is 11.6 Å². The fraction of sp³-hybridized carbons (Fsp3) is 0.269. The van der Waals surface area contributed by atoms with Crippen molar-refractivity contribution in [2.24, 2.45) is 7.05 Å². The van der Waals surface area contributed by atoms with E-state index in [2.05, 4.69) is 39.1 Å². The molecule has 4 aromatic rings. The Morgan fingerprint density at radius 3 is 2.43 bits per heavy atom. The van der Waals surface area contributed by atoms with Gasteiger partial charge in [-0.15, -0.1) is 0 Å². The Balaban J connectivity index is 1.39. The molecule has 1 fully saturated rings. The van der Waals surface area contributed by atoms with Crippen molar-refractivity contribution in [3.8, 4) is 0 Å². The van der Waals surface area contributed by atoms with Gasteiger partial charge in [0.15, 0.2) is 11.2 Å². The molecule has 5 rings (SSSR count). The molecule has 0 spiro atoms. The summed E-state index contributed by atoms with van der Waals surface area (Å²) in [5, 5.41) is 0.655. The fourth-order valence-corrected chi connectivity index (χ4v) is 4.55. The van der Waals surface area contributed by atoms with Crippen molar-refractivity contribution < 1.29 is 0 Å². The lowest BCUT2D eigenvalue weighted by Gasteiger charge is -2.35. The minimum Gasteiger partial charge on any atom is -0.340 e. The Morgan fingerprint density at radius 2 is 1.71 bits per heavy atom. The first-order valence-corrected chi connectivity index (χ1v) is 12.0. The Kier molecular flexibility index (Phi) is 6.57. The molecule has 1 N–H and O–H groups in total. The number of anilines is 1. The lowest BCUT2D eigenvalue weighted by atomic mass is 10.2. The molecule has 2 aromatic carbocycles. The number of imidazole rings is 1. The third-order valence-corrected chi connectivity index (χ3v) is 6.62. The number of nitrogens with one attached hydrogen (secondary N) is 1. The van der Waals surface area contributed by atoms with Crippen LogP contribution in [0.25, 0.3) is 17.2 Å². The lowest BCUT2D eigenvalue weighted by Crippen LogP contribution is -2.47. The molecule has 9 heteroatoms. The van der Waals surface area contributed by atoms with Crippen molar-refractivity contribution in [3.63, 3.8) is 0 Å². The van der Waals surface area contributed by atoms with Crippen molar-refractivity contribution in [2.75, 3.05) is 37.6 Å². The normalized spacial score (nSPS) is 14.9. The molecule has 1 aliphatic heterocycles. The van der Waals surface area contributed by atoms with E-state index in [1.807, 2.05) is 47.0 Å². The van der Waals surface area contributed by atoms with E-state index in [4.69, 9.17) is 16.6 Å². The van der Waals surface area contributed by atoms with E-state index in [0.717, 1.165) is 38.3 Å². The molecule has 8 nitrogen and oxygen atoms in total. The first-order chi connectivity index (χ1) is 17.0. The van der Waals surface area contributed by atoms with Crippen molar-refractivity contribution >= 4 is 34.8 Å². The molecule has 0 amide bonds. The maximum Gasteiger partial charge on any atom is 0.329 e. The summed E-state index contributed by atoms with van der Waals surface area (Å²) >= 11 is 6.06. The van der Waals surface area contributed by atoms with Gasteiger partial charge in [0.25, 0.3) is 5.56 Å². The molecule has 0 bridgehead atoms. The third-order valence-electron chi connectivity index (χ3n) is 6.37. The van der Waals surface area contributed by atoms with Crippen LogP contribution in [0.4, 0.5) is 5.95 Å². The maximum atomic E-state index is 12.8. The van der Waals surface area contributed by atoms with E-state index in [1.165, 1.54) is 10.1 Å². The molecule has 2 aromatic heterocycles. The predicted molar refractivity (Wildman–Crippen MR) is 140 cm³/mol. The summed E-state index contributed by atoms with van der Waals surface area (Å²) in [5.41, 5.74) is 2.06. The van der Waals surface area contributed by atoms with Crippen molar-refractivity contribution in [1.29, 1.82) is 0 Å². The van der Waals surface area contributed by atoms with Crippen LogP contribution in [-0.2, 0) is 13.6 Å². The number of hydrogen-bond acceptors (Lipinski definition) is 5. The highest BCUT2D eigenvalue weighted by atomic mass is 35.5. The first kappa shape index (κ1) is 23.1. The van der Waals surface area contributed by atoms with Crippen LogP contribution in [-0.4, -0.2) is 56.7 Å². The highest BCUT2D eigenvalue weighted by molar-refractivity contribution is 6.30. The molecule has 1 aliphatic rings. The van der Waals surface area contributed by atoms with Crippen molar-refractivity contribution in [3.05, 3.63) is 97.7 Å². The molecule has 0 atom stereocenters. The smallest absolute Gasteiger partial charge is 0.329 e. The summed E-state index contributed by atoms with van der Waals surface area (Å²) in [6.45, 7) is 4.61. The Labute approximate surface area is 207 Å². The van der Waals surface area contributed by atoms with E-state index in [-0.39, 0.29) is 0 Å². The van der Waals surface area contributed by atoms with E-state index in [0.29, 0.717) is 28.7 Å². The molecular weight excluding hydrogens is 464 g/mol. The van der Waals surface area contributed by atoms with Crippen LogP contribution in [0, 0.1) is 0 Å². The minimum atomic E-state index is -0.472. The Hall–Kier alpha value is -3.62. The fourth-order valence-electron chi connectivity index (χ4n) is 4.42. The molecule has 0 unspecified atom stereocenters. The molecule has 0 aliphatic carbocycles. The number of H-pyrrole nitrogens is 1. The van der Waals surface area contributed by atoms with Gasteiger partial charge in [0, 0.05) is 44.8 Å². The van der Waals surface area contributed by atoms with Gasteiger partial charge in [0.2, 0.25) is 5.95 Å². The van der Waals surface area contributed by atoms with E-state index >= 15 is 0 Å². The molecule has 0 saturated carbocycles. The zero-order valence-corrected chi connectivity index (χ0v) is 20.3. The van der Waals surface area contributed by atoms with Crippen molar-refractivity contribution in [1.82, 2.24) is 24.0 Å². The zero-order chi connectivity index (χ0) is 24.4. The number of piperazine rings is 1. The van der Waals surface area contributed by atoms with Crippen molar-refractivity contribution in [2.45, 2.75) is 6.54 Å². The van der Waals surface area contributed by atoms with Gasteiger partial charge in [0.05, 0.1) is 6.54 Å². The number of fused-ring (bicyclic) bond motifs is 1. The second-order valence-corrected chi connectivity index (χ2v) is 9.15. The Bertz CT molecular complexity index is 1460. The number of benzene rings is 2. The van der Waals surface area contributed by atoms with Gasteiger partial charge in [0.1, 0.15) is 0 Å². The second kappa shape index (κ2) is 9.93. The zero-order valence-electron chi connectivity index (χ0n) is 19.5. The van der Waals surface area contributed by atoms with Crippen LogP contribution in [0.3, 0.4) is 0 Å². The van der Waals surface area contributed by atoms with Gasteiger partial charge in [-0.1, -0.05) is 66.2 Å². The predicted octanol–water partition coefficient (Wildman–Crippen LogP) is 2.96. The van der Waals surface area contributed by atoms with Gasteiger partial charge < -0.3 is 4.90 Å². The number of rotatable bonds is 6. The van der Waals surface area contributed by atoms with E-state index in [1.54, 1.807) is 7.05 Å². The van der Waals surface area contributed by atoms with Gasteiger partial charge in [-0.05, 0) is 23.3 Å². The topological polar surface area (TPSA) is 79.2 Å². The van der Waals surface area contributed by atoms with Crippen LogP contribution < -0.4 is 16.1 Å². The number of aromatic nitrogens is 4. The molecule has 0 radical (unpaired) electrons. The molecule has 1 saturated heterocycles. The maximum absolute atomic E-state index is 12.8. The molecule has 35 heavy (non-hydrogen) atoms. The number of aryl methyl sites for hydroxylation is 1. The lowest BCUT2D eigenvalue weighted by molar-refractivity contribution is 0.282. The number of halogens is 1. The second-order valence-electron chi connectivity index (χ2n) is 8.72. The quantitative estimate of drug-likeness (QED) is 0.449. The summed E-state index contributed by atoms with van der Waals surface area (Å²) in [4.78, 5) is 36.8. The number of hydrogen-bond donors (Lipinski definition) is 1. The highest BCUT2D eigenvalue weighted by Crippen LogP contribution is 2.23. The van der Waals surface area contributed by atoms with Crippen LogP contribution in [0.2, 0.25) is 5.02 Å². The van der Waals surface area contributed by atoms with Crippen LogP contribution in [0.5, 0.6) is 0 Å². The average Bonchev–Trinajstić information content (AvgIpc) is 3.25. The van der Waals surface area contributed by atoms with Gasteiger partial charge in [-0.3, -0.25) is 23.8 Å². The summed E-state index contributed by atoms with van der Waals surface area (Å²) in [7, 11) is 1.63. The van der Waals surface area contributed by atoms with E-state index in [9.17, 15) is 9.59 Å². The Morgan fingerprint density at radius 1 is 1.00 bits per heavy atom. The molecular formula is C26H27ClN6O2. The SMILES string of the molecule is Cn1c(=O)[nH]c(=O)c2c1nc(N1CCN(CC=Cc3ccccc3)CC1)n2Cc1ccc(Cl)cc1. The van der Waals surface area contributed by atoms with E-state index < -0.39 is 11.2 Å². The summed E-state index contributed by atoms with van der Waals surface area (Å²) in [6, 6.07) is 17.8. The summed E-state index contributed by atoms with van der Waals surface area (Å²) < 4.78 is 3.30. The summed E-state index contributed by atoms with van der Waals surface area (Å²) in [6.07, 6.45) is 4.33. The van der Waals surface area contributed by atoms with Gasteiger partial charge in [-0.2, -0.15) is 4.98 Å². The largest absolute Gasteiger partial charge is 0.340 e.